The first-order valence-corrected chi connectivity index (χ1v) is 8.59. The summed E-state index contributed by atoms with van der Waals surface area (Å²) in [6.45, 7) is 0.816. The number of hydrogen-bond donors (Lipinski definition) is 1. The second-order valence-corrected chi connectivity index (χ2v) is 7.78. The molecule has 19 heavy (non-hydrogen) atoms. The van der Waals surface area contributed by atoms with Gasteiger partial charge in [-0.1, -0.05) is 39.1 Å². The topological polar surface area (TPSA) is 55.4 Å². The van der Waals surface area contributed by atoms with Crippen LogP contribution in [0.3, 0.4) is 0 Å². The lowest BCUT2D eigenvalue weighted by molar-refractivity contribution is 0.199. The number of alkyl halides is 1. The monoisotopic (exact) mass is 389 g/mol. The zero-order chi connectivity index (χ0) is 14.5. The van der Waals surface area contributed by atoms with E-state index in [0.29, 0.717) is 19.6 Å². The van der Waals surface area contributed by atoms with E-state index in [1.807, 2.05) is 0 Å². The predicted octanol–water partition coefficient (Wildman–Crippen LogP) is 3.07. The molecule has 4 nitrogen and oxygen atoms in total. The lowest BCUT2D eigenvalue weighted by Crippen LogP contribution is -2.27. The maximum Gasteiger partial charge on any atom is 0.240 e. The van der Waals surface area contributed by atoms with Crippen molar-refractivity contribution in [2.75, 3.05) is 20.3 Å². The van der Waals surface area contributed by atoms with Crippen molar-refractivity contribution in [3.05, 3.63) is 28.2 Å². The first-order valence-electron chi connectivity index (χ1n) is 5.44. The predicted molar refractivity (Wildman–Crippen MR) is 80.9 cm³/mol. The van der Waals surface area contributed by atoms with E-state index in [9.17, 15) is 8.42 Å². The van der Waals surface area contributed by atoms with Gasteiger partial charge in [0, 0.05) is 28.5 Å². The van der Waals surface area contributed by atoms with Crippen LogP contribution in [0.4, 0.5) is 0 Å². The lowest BCUT2D eigenvalue weighted by atomic mass is 10.3. The van der Waals surface area contributed by atoms with E-state index in [1.54, 1.807) is 7.11 Å². The summed E-state index contributed by atoms with van der Waals surface area (Å²) >= 11 is 14.9. The van der Waals surface area contributed by atoms with Crippen molar-refractivity contribution >= 4 is 49.2 Å². The molecule has 0 aliphatic carbocycles. The number of rotatable bonds is 7. The Bertz CT molecular complexity index is 504. The molecular weight excluding hydrogens is 377 g/mol. The third-order valence-corrected chi connectivity index (χ3v) is 4.84. The van der Waals surface area contributed by atoms with Crippen LogP contribution < -0.4 is 4.72 Å². The smallest absolute Gasteiger partial charge is 0.240 e. The average molecular weight is 391 g/mol. The van der Waals surface area contributed by atoms with Gasteiger partial charge in [0.1, 0.15) is 0 Å². The molecule has 1 N–H and O–H groups in total. The van der Waals surface area contributed by atoms with Crippen LogP contribution in [0.2, 0.25) is 10.0 Å². The zero-order valence-corrected chi connectivity index (χ0v) is 14.1. The molecule has 0 radical (unpaired) electrons. The van der Waals surface area contributed by atoms with Gasteiger partial charge in [-0.2, -0.15) is 0 Å². The van der Waals surface area contributed by atoms with E-state index in [2.05, 4.69) is 20.7 Å². The molecule has 0 saturated carbocycles. The fraction of sp³-hybridized carbons (Fsp3) is 0.455. The minimum absolute atomic E-state index is 0.0582. The van der Waals surface area contributed by atoms with Crippen LogP contribution >= 0.6 is 39.1 Å². The molecule has 8 heteroatoms. The highest BCUT2D eigenvalue weighted by atomic mass is 79.9. The standard InChI is InChI=1S/C11H14BrCl2NO3S/c1-18-7-8(12)2-3-15-19(16,17)11-5-9(13)4-10(14)6-11/h4-6,8,15H,2-3,7H2,1H3. The molecule has 0 bridgehead atoms. The van der Waals surface area contributed by atoms with E-state index < -0.39 is 10.0 Å². The van der Waals surface area contributed by atoms with Crippen LogP contribution in [-0.4, -0.2) is 33.5 Å². The Kier molecular flexibility index (Phi) is 7.07. The van der Waals surface area contributed by atoms with Gasteiger partial charge in [-0.05, 0) is 24.6 Å². The second kappa shape index (κ2) is 7.81. The third kappa shape index (κ3) is 5.97. The number of halogens is 3. The normalized spacial score (nSPS) is 13.5. The van der Waals surface area contributed by atoms with E-state index in [-0.39, 0.29) is 19.8 Å². The quantitative estimate of drug-likeness (QED) is 0.728. The van der Waals surface area contributed by atoms with Gasteiger partial charge in [-0.25, -0.2) is 13.1 Å². The molecule has 0 heterocycles. The molecule has 1 unspecified atom stereocenters. The molecule has 108 valence electrons. The molecule has 0 saturated heterocycles. The Hall–Kier alpha value is 0.150. The summed E-state index contributed by atoms with van der Waals surface area (Å²) in [7, 11) is -2.01. The molecule has 0 aliphatic rings. The minimum Gasteiger partial charge on any atom is -0.384 e. The van der Waals surface area contributed by atoms with E-state index in [1.165, 1.54) is 18.2 Å². The summed E-state index contributed by atoms with van der Waals surface area (Å²) in [5, 5.41) is 0.566. The number of sulfonamides is 1. The maximum absolute atomic E-state index is 12.0. The Morgan fingerprint density at radius 3 is 2.42 bits per heavy atom. The van der Waals surface area contributed by atoms with Gasteiger partial charge in [0.05, 0.1) is 11.5 Å². The van der Waals surface area contributed by atoms with Gasteiger partial charge in [-0.15, -0.1) is 0 Å². The van der Waals surface area contributed by atoms with Gasteiger partial charge < -0.3 is 4.74 Å². The van der Waals surface area contributed by atoms with Gasteiger partial charge in [0.15, 0.2) is 0 Å². The Balaban J connectivity index is 2.66. The Morgan fingerprint density at radius 2 is 1.89 bits per heavy atom. The largest absolute Gasteiger partial charge is 0.384 e. The third-order valence-electron chi connectivity index (χ3n) is 2.24. The highest BCUT2D eigenvalue weighted by Gasteiger charge is 2.15. The molecule has 0 fully saturated rings. The molecule has 1 aromatic carbocycles. The van der Waals surface area contributed by atoms with E-state index in [0.717, 1.165) is 0 Å². The van der Waals surface area contributed by atoms with Crippen molar-refractivity contribution in [3.8, 4) is 0 Å². The fourth-order valence-corrected chi connectivity index (χ4v) is 3.65. The highest BCUT2D eigenvalue weighted by Crippen LogP contribution is 2.22. The molecule has 0 amide bonds. The molecule has 1 atom stereocenters. The SMILES string of the molecule is COCC(Br)CCNS(=O)(=O)c1cc(Cl)cc(Cl)c1. The van der Waals surface area contributed by atoms with Crippen molar-refractivity contribution in [3.63, 3.8) is 0 Å². The van der Waals surface area contributed by atoms with Crippen molar-refractivity contribution in [1.82, 2.24) is 4.72 Å². The first-order chi connectivity index (χ1) is 8.85. The minimum atomic E-state index is -3.60. The summed E-state index contributed by atoms with van der Waals surface area (Å²) < 4.78 is 31.4. The molecular formula is C11H14BrCl2NO3S. The van der Waals surface area contributed by atoms with Gasteiger partial charge in [0.25, 0.3) is 0 Å². The molecule has 0 aromatic heterocycles. The van der Waals surface area contributed by atoms with E-state index in [4.69, 9.17) is 27.9 Å². The van der Waals surface area contributed by atoms with Crippen LogP contribution in [0, 0.1) is 0 Å². The lowest BCUT2D eigenvalue weighted by Gasteiger charge is -2.10. The Labute approximate surface area is 131 Å². The van der Waals surface area contributed by atoms with Crippen LogP contribution in [-0.2, 0) is 14.8 Å². The summed E-state index contributed by atoms with van der Waals surface area (Å²) in [5.41, 5.74) is 0. The summed E-state index contributed by atoms with van der Waals surface area (Å²) in [6.07, 6.45) is 0.612. The molecule has 1 aromatic rings. The molecule has 1 rings (SSSR count). The number of ether oxygens (including phenoxy) is 1. The zero-order valence-electron chi connectivity index (χ0n) is 10.2. The van der Waals surface area contributed by atoms with Gasteiger partial charge in [0.2, 0.25) is 10.0 Å². The van der Waals surface area contributed by atoms with E-state index >= 15 is 0 Å². The number of methoxy groups -OCH3 is 1. The van der Waals surface area contributed by atoms with Gasteiger partial charge >= 0.3 is 0 Å². The second-order valence-electron chi connectivity index (χ2n) is 3.84. The summed E-state index contributed by atoms with van der Waals surface area (Å²) in [6, 6.07) is 4.20. The van der Waals surface area contributed by atoms with Crippen LogP contribution in [0.15, 0.2) is 23.1 Å². The van der Waals surface area contributed by atoms with Crippen molar-refractivity contribution < 1.29 is 13.2 Å². The molecule has 0 aliphatic heterocycles. The van der Waals surface area contributed by atoms with Crippen LogP contribution in [0.5, 0.6) is 0 Å². The number of nitrogens with one attached hydrogen (secondary N) is 1. The number of benzene rings is 1. The summed E-state index contributed by atoms with van der Waals surface area (Å²) in [4.78, 5) is 0.158. The summed E-state index contributed by atoms with van der Waals surface area (Å²) in [5.74, 6) is 0. The highest BCUT2D eigenvalue weighted by molar-refractivity contribution is 9.09. The van der Waals surface area contributed by atoms with Crippen LogP contribution in [0.25, 0.3) is 0 Å². The van der Waals surface area contributed by atoms with Crippen molar-refractivity contribution in [2.45, 2.75) is 16.1 Å². The van der Waals surface area contributed by atoms with Crippen molar-refractivity contribution in [1.29, 1.82) is 0 Å². The average Bonchev–Trinajstić information content (AvgIpc) is 2.27. The van der Waals surface area contributed by atoms with Gasteiger partial charge in [-0.3, -0.25) is 0 Å². The maximum atomic E-state index is 12.0. The first kappa shape index (κ1) is 17.2. The molecule has 0 spiro atoms. The Morgan fingerprint density at radius 1 is 1.32 bits per heavy atom. The van der Waals surface area contributed by atoms with Crippen LogP contribution in [0.1, 0.15) is 6.42 Å². The fourth-order valence-electron chi connectivity index (χ4n) is 1.38. The number of hydrogen-bond acceptors (Lipinski definition) is 3. The van der Waals surface area contributed by atoms with Crippen molar-refractivity contribution in [2.24, 2.45) is 0 Å².